The highest BCUT2D eigenvalue weighted by atomic mass is 79.9. The van der Waals surface area contributed by atoms with Crippen molar-refractivity contribution in [3.63, 3.8) is 0 Å². The number of carboxylic acids is 1. The van der Waals surface area contributed by atoms with E-state index in [1.807, 2.05) is 6.07 Å². The number of carboxylic acid groups (broad SMARTS) is 1. The Hall–Kier alpha value is -1.36. The third kappa shape index (κ3) is 1.95. The first-order valence-electron chi connectivity index (χ1n) is 4.85. The van der Waals surface area contributed by atoms with Crippen LogP contribution in [0.25, 0.3) is 0 Å². The summed E-state index contributed by atoms with van der Waals surface area (Å²) in [5, 5.41) is 11.6. The van der Waals surface area contributed by atoms with Crippen LogP contribution >= 0.6 is 15.9 Å². The molecule has 0 aliphatic heterocycles. The van der Waals surface area contributed by atoms with Crippen LogP contribution in [-0.4, -0.2) is 17.0 Å². The van der Waals surface area contributed by atoms with Crippen molar-refractivity contribution >= 4 is 33.5 Å². The van der Waals surface area contributed by atoms with Gasteiger partial charge in [0.2, 0.25) is 5.91 Å². The van der Waals surface area contributed by atoms with Crippen LogP contribution in [0, 0.1) is 5.41 Å². The molecule has 0 aromatic heterocycles. The number of benzene rings is 1. The van der Waals surface area contributed by atoms with Gasteiger partial charge in [-0.25, -0.2) is 0 Å². The minimum absolute atomic E-state index is 0.419. The lowest BCUT2D eigenvalue weighted by molar-refractivity contribution is -0.147. The summed E-state index contributed by atoms with van der Waals surface area (Å²) >= 11 is 3.28. The molecule has 5 heteroatoms. The van der Waals surface area contributed by atoms with Crippen molar-refractivity contribution in [2.24, 2.45) is 5.41 Å². The summed E-state index contributed by atoms with van der Waals surface area (Å²) in [6.45, 7) is 0. The number of anilines is 1. The SMILES string of the molecule is O=C(O)C1(C(=O)Nc2cccc(Br)c2)CC1. The van der Waals surface area contributed by atoms with Gasteiger partial charge in [-0.1, -0.05) is 22.0 Å². The van der Waals surface area contributed by atoms with E-state index in [1.54, 1.807) is 18.2 Å². The van der Waals surface area contributed by atoms with Gasteiger partial charge in [-0.3, -0.25) is 9.59 Å². The van der Waals surface area contributed by atoms with Gasteiger partial charge in [0, 0.05) is 10.2 Å². The maximum atomic E-state index is 11.7. The van der Waals surface area contributed by atoms with Crippen LogP contribution in [0.5, 0.6) is 0 Å². The molecule has 0 bridgehead atoms. The van der Waals surface area contributed by atoms with Crippen molar-refractivity contribution in [2.75, 3.05) is 5.32 Å². The summed E-state index contributed by atoms with van der Waals surface area (Å²) in [6, 6.07) is 7.07. The Morgan fingerprint density at radius 2 is 2.06 bits per heavy atom. The molecule has 0 saturated heterocycles. The lowest BCUT2D eigenvalue weighted by atomic mass is 10.1. The maximum Gasteiger partial charge on any atom is 0.319 e. The highest BCUT2D eigenvalue weighted by Gasteiger charge is 2.57. The highest BCUT2D eigenvalue weighted by Crippen LogP contribution is 2.46. The number of carbonyl (C=O) groups excluding carboxylic acids is 1. The molecule has 4 nitrogen and oxygen atoms in total. The molecule has 1 saturated carbocycles. The van der Waals surface area contributed by atoms with Crippen LogP contribution in [-0.2, 0) is 9.59 Å². The second-order valence-electron chi connectivity index (χ2n) is 3.85. The zero-order valence-corrected chi connectivity index (χ0v) is 9.95. The fourth-order valence-electron chi connectivity index (χ4n) is 1.48. The second kappa shape index (κ2) is 3.90. The monoisotopic (exact) mass is 283 g/mol. The van der Waals surface area contributed by atoms with Crippen molar-refractivity contribution in [3.05, 3.63) is 28.7 Å². The molecule has 1 aliphatic rings. The fraction of sp³-hybridized carbons (Fsp3) is 0.273. The van der Waals surface area contributed by atoms with Crippen molar-refractivity contribution in [2.45, 2.75) is 12.8 Å². The van der Waals surface area contributed by atoms with E-state index < -0.39 is 17.3 Å². The Labute approximate surface area is 101 Å². The molecule has 0 atom stereocenters. The molecule has 16 heavy (non-hydrogen) atoms. The summed E-state index contributed by atoms with van der Waals surface area (Å²) in [5.41, 5.74) is -0.589. The standard InChI is InChI=1S/C11H10BrNO3/c12-7-2-1-3-8(6-7)13-9(14)11(4-5-11)10(15)16/h1-3,6H,4-5H2,(H,13,14)(H,15,16). The molecule has 2 N–H and O–H groups in total. The first-order chi connectivity index (χ1) is 7.54. The van der Waals surface area contributed by atoms with E-state index in [2.05, 4.69) is 21.2 Å². The van der Waals surface area contributed by atoms with E-state index in [0.717, 1.165) is 4.47 Å². The average molecular weight is 284 g/mol. The van der Waals surface area contributed by atoms with Crippen LogP contribution in [0.1, 0.15) is 12.8 Å². The summed E-state index contributed by atoms with van der Waals surface area (Å²) in [5.74, 6) is -1.47. The van der Waals surface area contributed by atoms with Gasteiger partial charge < -0.3 is 10.4 Å². The van der Waals surface area contributed by atoms with E-state index in [-0.39, 0.29) is 0 Å². The van der Waals surface area contributed by atoms with Gasteiger partial charge in [0.15, 0.2) is 0 Å². The lowest BCUT2D eigenvalue weighted by Gasteiger charge is -2.10. The molecule has 1 amide bonds. The predicted molar refractivity (Wildman–Crippen MR) is 62.1 cm³/mol. The van der Waals surface area contributed by atoms with Gasteiger partial charge in [0.05, 0.1) is 0 Å². The van der Waals surface area contributed by atoms with E-state index in [0.29, 0.717) is 18.5 Å². The molecule has 2 rings (SSSR count). The summed E-state index contributed by atoms with van der Waals surface area (Å²) in [7, 11) is 0. The van der Waals surface area contributed by atoms with Crippen molar-refractivity contribution < 1.29 is 14.7 Å². The van der Waals surface area contributed by atoms with E-state index in [9.17, 15) is 9.59 Å². The number of amides is 1. The number of hydrogen-bond donors (Lipinski definition) is 2. The lowest BCUT2D eigenvalue weighted by Crippen LogP contribution is -2.31. The number of halogens is 1. The van der Waals surface area contributed by atoms with Crippen LogP contribution in [0.2, 0.25) is 0 Å². The van der Waals surface area contributed by atoms with Gasteiger partial charge >= 0.3 is 5.97 Å². The minimum atomic E-state index is -1.19. The number of hydrogen-bond acceptors (Lipinski definition) is 2. The van der Waals surface area contributed by atoms with Gasteiger partial charge in [-0.15, -0.1) is 0 Å². The molecule has 0 heterocycles. The minimum Gasteiger partial charge on any atom is -0.480 e. The Morgan fingerprint density at radius 3 is 2.56 bits per heavy atom. The van der Waals surface area contributed by atoms with Crippen molar-refractivity contribution in [1.82, 2.24) is 0 Å². The van der Waals surface area contributed by atoms with Crippen molar-refractivity contribution in [1.29, 1.82) is 0 Å². The Bertz CT molecular complexity index is 454. The van der Waals surface area contributed by atoms with Gasteiger partial charge in [0.25, 0.3) is 0 Å². The molecule has 1 aromatic carbocycles. The van der Waals surface area contributed by atoms with Crippen LogP contribution < -0.4 is 5.32 Å². The molecular formula is C11H10BrNO3. The zero-order chi connectivity index (χ0) is 11.8. The average Bonchev–Trinajstić information content (AvgIpc) is 2.97. The van der Waals surface area contributed by atoms with Gasteiger partial charge in [-0.05, 0) is 31.0 Å². The Kier molecular flexibility index (Phi) is 2.71. The fourth-order valence-corrected chi connectivity index (χ4v) is 1.88. The summed E-state index contributed by atoms with van der Waals surface area (Å²) in [6.07, 6.45) is 0.838. The van der Waals surface area contributed by atoms with E-state index in [1.165, 1.54) is 0 Å². The topological polar surface area (TPSA) is 66.4 Å². The molecule has 1 aliphatic carbocycles. The number of aliphatic carboxylic acids is 1. The first-order valence-corrected chi connectivity index (χ1v) is 5.64. The van der Waals surface area contributed by atoms with Gasteiger partial charge in [0.1, 0.15) is 5.41 Å². The van der Waals surface area contributed by atoms with E-state index in [4.69, 9.17) is 5.11 Å². The quantitative estimate of drug-likeness (QED) is 0.837. The molecule has 0 spiro atoms. The molecule has 0 radical (unpaired) electrons. The summed E-state index contributed by atoms with van der Waals surface area (Å²) in [4.78, 5) is 22.7. The summed E-state index contributed by atoms with van der Waals surface area (Å²) < 4.78 is 0.838. The van der Waals surface area contributed by atoms with Crippen LogP contribution in [0.4, 0.5) is 5.69 Å². The molecule has 84 valence electrons. The molecular weight excluding hydrogens is 274 g/mol. The predicted octanol–water partition coefficient (Wildman–Crippen LogP) is 2.25. The third-order valence-electron chi connectivity index (χ3n) is 2.68. The van der Waals surface area contributed by atoms with Gasteiger partial charge in [-0.2, -0.15) is 0 Å². The smallest absolute Gasteiger partial charge is 0.319 e. The zero-order valence-electron chi connectivity index (χ0n) is 8.37. The normalized spacial score (nSPS) is 16.6. The molecule has 1 aromatic rings. The third-order valence-corrected chi connectivity index (χ3v) is 3.17. The van der Waals surface area contributed by atoms with Crippen LogP contribution in [0.3, 0.4) is 0 Å². The number of nitrogens with one attached hydrogen (secondary N) is 1. The van der Waals surface area contributed by atoms with E-state index >= 15 is 0 Å². The highest BCUT2D eigenvalue weighted by molar-refractivity contribution is 9.10. The van der Waals surface area contributed by atoms with Crippen LogP contribution in [0.15, 0.2) is 28.7 Å². The number of rotatable bonds is 3. The molecule has 1 fully saturated rings. The molecule has 0 unspecified atom stereocenters. The van der Waals surface area contributed by atoms with Crippen molar-refractivity contribution in [3.8, 4) is 0 Å². The Morgan fingerprint density at radius 1 is 1.38 bits per heavy atom. The Balaban J connectivity index is 2.11. The maximum absolute atomic E-state index is 11.7. The largest absolute Gasteiger partial charge is 0.480 e. The second-order valence-corrected chi connectivity index (χ2v) is 4.77. The first kappa shape index (κ1) is 11.1. The number of carbonyl (C=O) groups is 2.